The highest BCUT2D eigenvalue weighted by Crippen LogP contribution is 2.19. The first-order chi connectivity index (χ1) is 15.1. The van der Waals surface area contributed by atoms with E-state index < -0.39 is 0 Å². The quantitative estimate of drug-likeness (QED) is 0.623. The van der Waals surface area contributed by atoms with Gasteiger partial charge in [-0.3, -0.25) is 14.2 Å². The summed E-state index contributed by atoms with van der Waals surface area (Å²) in [6.07, 6.45) is 1.79. The Hall–Kier alpha value is -3.23. The molecule has 1 aliphatic rings. The molecule has 170 valence electrons. The summed E-state index contributed by atoms with van der Waals surface area (Å²) in [6, 6.07) is 6.41. The van der Waals surface area contributed by atoms with E-state index in [0.29, 0.717) is 43.0 Å². The Morgan fingerprint density at radius 2 is 1.75 bits per heavy atom. The third-order valence-corrected chi connectivity index (χ3v) is 5.89. The number of anilines is 1. The Bertz CT molecular complexity index is 1180. The van der Waals surface area contributed by atoms with Crippen LogP contribution in [0.5, 0.6) is 0 Å². The van der Waals surface area contributed by atoms with Crippen molar-refractivity contribution >= 4 is 22.6 Å². The zero-order chi connectivity index (χ0) is 23.0. The molecule has 0 saturated carbocycles. The largest absolute Gasteiger partial charge is 0.368 e. The van der Waals surface area contributed by atoms with Crippen LogP contribution in [0.1, 0.15) is 33.0 Å². The molecular formula is C23H29FN6O2. The standard InChI is InChI=1S/C23H29FN6O2/c1-16-26-21-19(15-25-30(21)23(2,3)4)22(32)29(16)10-9-20(31)28-13-11-27(12-14-28)18-7-5-17(24)6-8-18/h5-8,15H,9-14H2,1-4H3. The van der Waals surface area contributed by atoms with Gasteiger partial charge < -0.3 is 9.80 Å². The van der Waals surface area contributed by atoms with E-state index in [0.717, 1.165) is 5.69 Å². The van der Waals surface area contributed by atoms with Crippen molar-refractivity contribution in [3.63, 3.8) is 0 Å². The van der Waals surface area contributed by atoms with Gasteiger partial charge in [0.25, 0.3) is 5.56 Å². The van der Waals surface area contributed by atoms with E-state index in [-0.39, 0.29) is 35.8 Å². The average molecular weight is 441 g/mol. The van der Waals surface area contributed by atoms with Crippen LogP contribution in [-0.2, 0) is 16.9 Å². The monoisotopic (exact) mass is 440 g/mol. The van der Waals surface area contributed by atoms with Gasteiger partial charge in [-0.1, -0.05) is 0 Å². The van der Waals surface area contributed by atoms with Crippen molar-refractivity contribution in [3.8, 4) is 0 Å². The van der Waals surface area contributed by atoms with Gasteiger partial charge in [-0.25, -0.2) is 14.1 Å². The summed E-state index contributed by atoms with van der Waals surface area (Å²) in [7, 11) is 0. The number of fused-ring (bicyclic) bond motifs is 1. The summed E-state index contributed by atoms with van der Waals surface area (Å²) in [5, 5.41) is 4.82. The number of hydrogen-bond donors (Lipinski definition) is 0. The number of rotatable bonds is 4. The number of aryl methyl sites for hydroxylation is 1. The maximum atomic E-state index is 13.1. The molecule has 8 nitrogen and oxygen atoms in total. The minimum Gasteiger partial charge on any atom is -0.368 e. The zero-order valence-corrected chi connectivity index (χ0v) is 19.0. The van der Waals surface area contributed by atoms with Crippen molar-refractivity contribution in [2.45, 2.75) is 46.2 Å². The molecule has 2 aromatic heterocycles. The maximum Gasteiger partial charge on any atom is 0.264 e. The van der Waals surface area contributed by atoms with Crippen LogP contribution < -0.4 is 10.5 Å². The number of carbonyl (C=O) groups excluding carboxylic acids is 1. The van der Waals surface area contributed by atoms with Crippen LogP contribution in [0.25, 0.3) is 11.0 Å². The number of amides is 1. The minimum absolute atomic E-state index is 0.0144. The van der Waals surface area contributed by atoms with Crippen LogP contribution in [-0.4, -0.2) is 56.3 Å². The molecule has 0 aliphatic carbocycles. The van der Waals surface area contributed by atoms with Crippen molar-refractivity contribution in [1.82, 2.24) is 24.2 Å². The van der Waals surface area contributed by atoms with Crippen molar-refractivity contribution in [3.05, 3.63) is 52.5 Å². The highest BCUT2D eigenvalue weighted by Gasteiger charge is 2.23. The molecule has 3 aromatic rings. The summed E-state index contributed by atoms with van der Waals surface area (Å²) < 4.78 is 16.5. The molecule has 1 fully saturated rings. The molecule has 0 N–H and O–H groups in total. The van der Waals surface area contributed by atoms with Gasteiger partial charge in [0.05, 0.1) is 11.7 Å². The lowest BCUT2D eigenvalue weighted by atomic mass is 10.1. The van der Waals surface area contributed by atoms with Crippen LogP contribution in [0.2, 0.25) is 0 Å². The molecule has 0 bridgehead atoms. The topological polar surface area (TPSA) is 76.3 Å². The number of hydrogen-bond acceptors (Lipinski definition) is 5. The predicted molar refractivity (Wildman–Crippen MR) is 121 cm³/mol. The molecule has 1 aliphatic heterocycles. The molecule has 0 radical (unpaired) electrons. The van der Waals surface area contributed by atoms with Crippen molar-refractivity contribution in [1.29, 1.82) is 0 Å². The van der Waals surface area contributed by atoms with Gasteiger partial charge in [0.1, 0.15) is 17.0 Å². The van der Waals surface area contributed by atoms with E-state index in [4.69, 9.17) is 0 Å². The number of benzene rings is 1. The van der Waals surface area contributed by atoms with Gasteiger partial charge in [0, 0.05) is 44.8 Å². The molecule has 1 amide bonds. The van der Waals surface area contributed by atoms with Gasteiger partial charge >= 0.3 is 0 Å². The van der Waals surface area contributed by atoms with Gasteiger partial charge in [0.2, 0.25) is 5.91 Å². The van der Waals surface area contributed by atoms with Gasteiger partial charge in [-0.15, -0.1) is 0 Å². The molecule has 0 spiro atoms. The second-order valence-corrected chi connectivity index (χ2v) is 9.17. The van der Waals surface area contributed by atoms with Crippen LogP contribution in [0.4, 0.5) is 10.1 Å². The number of nitrogens with zero attached hydrogens (tertiary/aromatic N) is 6. The van der Waals surface area contributed by atoms with E-state index in [2.05, 4.69) is 15.0 Å². The second kappa shape index (κ2) is 8.37. The number of aromatic nitrogens is 4. The van der Waals surface area contributed by atoms with E-state index in [9.17, 15) is 14.0 Å². The van der Waals surface area contributed by atoms with Gasteiger partial charge in [-0.05, 0) is 52.0 Å². The van der Waals surface area contributed by atoms with Crippen LogP contribution in [0.15, 0.2) is 35.3 Å². The Kier molecular flexibility index (Phi) is 5.75. The first-order valence-electron chi connectivity index (χ1n) is 10.9. The van der Waals surface area contributed by atoms with Crippen molar-refractivity contribution < 1.29 is 9.18 Å². The highest BCUT2D eigenvalue weighted by atomic mass is 19.1. The molecule has 9 heteroatoms. The van der Waals surface area contributed by atoms with Crippen LogP contribution in [0.3, 0.4) is 0 Å². The fourth-order valence-corrected chi connectivity index (χ4v) is 4.09. The molecular weight excluding hydrogens is 411 g/mol. The summed E-state index contributed by atoms with van der Waals surface area (Å²) in [4.78, 5) is 34.4. The van der Waals surface area contributed by atoms with E-state index in [1.54, 1.807) is 34.5 Å². The minimum atomic E-state index is -0.286. The summed E-state index contributed by atoms with van der Waals surface area (Å²) >= 11 is 0. The van der Waals surface area contributed by atoms with Crippen LogP contribution in [0, 0.1) is 12.7 Å². The SMILES string of the molecule is Cc1nc2c(cnn2C(C)(C)C)c(=O)n1CCC(=O)N1CCN(c2ccc(F)cc2)CC1. The third kappa shape index (κ3) is 4.24. The van der Waals surface area contributed by atoms with Crippen LogP contribution >= 0.6 is 0 Å². The number of piperazine rings is 1. The Balaban J connectivity index is 1.41. The molecule has 4 rings (SSSR count). The van der Waals surface area contributed by atoms with Crippen molar-refractivity contribution in [2.24, 2.45) is 0 Å². The molecule has 0 atom stereocenters. The number of halogens is 1. The smallest absolute Gasteiger partial charge is 0.264 e. The second-order valence-electron chi connectivity index (χ2n) is 9.17. The maximum absolute atomic E-state index is 13.1. The summed E-state index contributed by atoms with van der Waals surface area (Å²) in [5.74, 6) is 0.328. The molecule has 0 unspecified atom stereocenters. The van der Waals surface area contributed by atoms with E-state index in [1.165, 1.54) is 12.1 Å². The van der Waals surface area contributed by atoms with Gasteiger partial charge in [0.15, 0.2) is 5.65 Å². The molecule has 32 heavy (non-hydrogen) atoms. The lowest BCUT2D eigenvalue weighted by molar-refractivity contribution is -0.131. The fraction of sp³-hybridized carbons (Fsp3) is 0.478. The Labute approximate surface area is 186 Å². The summed E-state index contributed by atoms with van der Waals surface area (Å²) in [6.45, 7) is 10.7. The molecule has 3 heterocycles. The first kappa shape index (κ1) is 22.0. The predicted octanol–water partition coefficient (Wildman–Crippen LogP) is 2.53. The first-order valence-corrected chi connectivity index (χ1v) is 10.9. The Morgan fingerprint density at radius 1 is 1.09 bits per heavy atom. The lowest BCUT2D eigenvalue weighted by Crippen LogP contribution is -2.49. The van der Waals surface area contributed by atoms with E-state index in [1.807, 2.05) is 25.7 Å². The normalized spacial score (nSPS) is 14.9. The summed E-state index contributed by atoms with van der Waals surface area (Å²) in [5.41, 5.74) is 1.07. The zero-order valence-electron chi connectivity index (χ0n) is 19.0. The highest BCUT2D eigenvalue weighted by molar-refractivity contribution is 5.77. The number of carbonyl (C=O) groups is 1. The third-order valence-electron chi connectivity index (χ3n) is 5.89. The molecule has 1 saturated heterocycles. The van der Waals surface area contributed by atoms with Crippen molar-refractivity contribution in [2.75, 3.05) is 31.1 Å². The Morgan fingerprint density at radius 3 is 2.38 bits per heavy atom. The average Bonchev–Trinajstić information content (AvgIpc) is 3.18. The van der Waals surface area contributed by atoms with Gasteiger partial charge in [-0.2, -0.15) is 5.10 Å². The fourth-order valence-electron chi connectivity index (χ4n) is 4.09. The van der Waals surface area contributed by atoms with E-state index >= 15 is 0 Å². The molecule has 1 aromatic carbocycles. The lowest BCUT2D eigenvalue weighted by Gasteiger charge is -2.36.